The van der Waals surface area contributed by atoms with Crippen LogP contribution in [-0.2, 0) is 14.8 Å². The van der Waals surface area contributed by atoms with Crippen molar-refractivity contribution < 1.29 is 22.0 Å². The maximum Gasteiger partial charge on any atom is 0.252 e. The first-order valence-corrected chi connectivity index (χ1v) is 11.1. The van der Waals surface area contributed by atoms with Gasteiger partial charge in [0.2, 0.25) is 5.91 Å². The number of thiophene rings is 1. The monoisotopic (exact) mass is 463 g/mol. The summed E-state index contributed by atoms with van der Waals surface area (Å²) in [4.78, 5) is 16.2. The van der Waals surface area contributed by atoms with Gasteiger partial charge in [-0.3, -0.25) is 4.79 Å². The number of carbonyl (C=O) groups excluding carboxylic acids is 1. The highest BCUT2D eigenvalue weighted by Gasteiger charge is 2.25. The second-order valence-electron chi connectivity index (χ2n) is 5.53. The summed E-state index contributed by atoms with van der Waals surface area (Å²) in [5.41, 5.74) is 0.123. The van der Waals surface area contributed by atoms with Crippen LogP contribution in [0.2, 0.25) is 4.34 Å². The standard InChI is InChI=1S/C16H12ClF2N3O3S3/c1-22(28(24,25)15-5-4-13(17)27-15)7-14(23)21-16-20-12(8-26-16)10-6-9(18)2-3-11(10)19/h2-6,8H,7H2,1H3,(H,20,21,23). The topological polar surface area (TPSA) is 79.4 Å². The maximum atomic E-state index is 13.8. The van der Waals surface area contributed by atoms with Crippen molar-refractivity contribution in [3.05, 3.63) is 51.7 Å². The van der Waals surface area contributed by atoms with E-state index in [4.69, 9.17) is 11.6 Å². The molecule has 2 heterocycles. The second-order valence-corrected chi connectivity index (χ2v) is 10.4. The number of anilines is 1. The van der Waals surface area contributed by atoms with E-state index in [1.807, 2.05) is 0 Å². The minimum absolute atomic E-state index is 0.0194. The SMILES string of the molecule is CN(CC(=O)Nc1nc(-c2cc(F)ccc2F)cs1)S(=O)(=O)c1ccc(Cl)s1. The van der Waals surface area contributed by atoms with Crippen LogP contribution in [0.4, 0.5) is 13.9 Å². The molecule has 6 nitrogen and oxygen atoms in total. The molecule has 0 bridgehead atoms. The van der Waals surface area contributed by atoms with Crippen LogP contribution in [0.3, 0.4) is 0 Å². The van der Waals surface area contributed by atoms with Crippen molar-refractivity contribution in [3.8, 4) is 11.3 Å². The molecule has 1 N–H and O–H groups in total. The van der Waals surface area contributed by atoms with Crippen LogP contribution in [0, 0.1) is 11.6 Å². The van der Waals surface area contributed by atoms with Crippen molar-refractivity contribution in [2.75, 3.05) is 18.9 Å². The Morgan fingerprint density at radius 2 is 2.04 bits per heavy atom. The summed E-state index contributed by atoms with van der Waals surface area (Å²) in [5.74, 6) is -1.89. The summed E-state index contributed by atoms with van der Waals surface area (Å²) in [6, 6.07) is 5.79. The minimum atomic E-state index is -3.86. The fourth-order valence-electron chi connectivity index (χ4n) is 2.18. The Bertz CT molecular complexity index is 1130. The Labute approximate surface area is 172 Å². The van der Waals surface area contributed by atoms with Gasteiger partial charge in [0.15, 0.2) is 5.13 Å². The third kappa shape index (κ3) is 4.55. The van der Waals surface area contributed by atoms with Crippen molar-refractivity contribution in [2.24, 2.45) is 0 Å². The van der Waals surface area contributed by atoms with Gasteiger partial charge in [0.05, 0.1) is 16.6 Å². The van der Waals surface area contributed by atoms with Gasteiger partial charge in [0, 0.05) is 18.0 Å². The number of hydrogen-bond acceptors (Lipinski definition) is 6. The van der Waals surface area contributed by atoms with E-state index in [2.05, 4.69) is 10.3 Å². The minimum Gasteiger partial charge on any atom is -0.301 e. The normalized spacial score (nSPS) is 11.8. The van der Waals surface area contributed by atoms with Gasteiger partial charge in [-0.2, -0.15) is 4.31 Å². The molecule has 2 aromatic heterocycles. The first-order valence-electron chi connectivity index (χ1n) is 7.59. The Morgan fingerprint density at radius 3 is 2.71 bits per heavy atom. The number of hydrogen-bond donors (Lipinski definition) is 1. The van der Waals surface area contributed by atoms with E-state index in [9.17, 15) is 22.0 Å². The fourth-order valence-corrected chi connectivity index (χ4v) is 5.73. The Kier molecular flexibility index (Phi) is 6.10. The van der Waals surface area contributed by atoms with Crippen molar-refractivity contribution in [1.29, 1.82) is 0 Å². The van der Waals surface area contributed by atoms with Crippen molar-refractivity contribution in [2.45, 2.75) is 4.21 Å². The summed E-state index contributed by atoms with van der Waals surface area (Å²) in [5, 5.41) is 4.04. The molecule has 0 unspecified atom stereocenters. The predicted molar refractivity (Wildman–Crippen MR) is 105 cm³/mol. The molecule has 3 rings (SSSR count). The molecule has 0 aliphatic carbocycles. The lowest BCUT2D eigenvalue weighted by atomic mass is 10.1. The van der Waals surface area contributed by atoms with Crippen LogP contribution in [0.25, 0.3) is 11.3 Å². The molecule has 0 aliphatic rings. The quantitative estimate of drug-likeness (QED) is 0.597. The highest BCUT2D eigenvalue weighted by atomic mass is 35.5. The molecule has 3 aromatic rings. The van der Waals surface area contributed by atoms with E-state index in [-0.39, 0.29) is 20.6 Å². The number of rotatable bonds is 6. The molecule has 1 amide bonds. The van der Waals surface area contributed by atoms with Crippen LogP contribution in [0.5, 0.6) is 0 Å². The first-order chi connectivity index (χ1) is 13.2. The lowest BCUT2D eigenvalue weighted by Gasteiger charge is -2.15. The Hall–Kier alpha value is -1.92. The molecule has 0 saturated heterocycles. The van der Waals surface area contributed by atoms with Gasteiger partial charge in [0.25, 0.3) is 10.0 Å². The number of benzene rings is 1. The molecular formula is C16H12ClF2N3O3S3. The number of amides is 1. The summed E-state index contributed by atoms with van der Waals surface area (Å²) < 4.78 is 53.2. The Morgan fingerprint density at radius 1 is 1.29 bits per heavy atom. The fraction of sp³-hybridized carbons (Fsp3) is 0.125. The van der Waals surface area contributed by atoms with Crippen LogP contribution >= 0.6 is 34.3 Å². The number of carbonyl (C=O) groups is 1. The maximum absolute atomic E-state index is 13.8. The molecule has 0 fully saturated rings. The lowest BCUT2D eigenvalue weighted by molar-refractivity contribution is -0.116. The molecular weight excluding hydrogens is 452 g/mol. The molecule has 1 aromatic carbocycles. The van der Waals surface area contributed by atoms with Crippen molar-refractivity contribution in [1.82, 2.24) is 9.29 Å². The third-order valence-corrected chi connectivity index (χ3v) is 7.79. The molecule has 12 heteroatoms. The van der Waals surface area contributed by atoms with Crippen molar-refractivity contribution in [3.63, 3.8) is 0 Å². The number of aromatic nitrogens is 1. The molecule has 0 aliphatic heterocycles. The van der Waals surface area contributed by atoms with Crippen LogP contribution < -0.4 is 5.32 Å². The summed E-state index contributed by atoms with van der Waals surface area (Å²) >= 11 is 7.65. The summed E-state index contributed by atoms with van der Waals surface area (Å²) in [7, 11) is -2.59. The van der Waals surface area contributed by atoms with E-state index in [0.717, 1.165) is 45.2 Å². The zero-order valence-corrected chi connectivity index (χ0v) is 17.4. The van der Waals surface area contributed by atoms with Gasteiger partial charge in [-0.1, -0.05) is 11.6 Å². The van der Waals surface area contributed by atoms with E-state index in [1.54, 1.807) is 0 Å². The average Bonchev–Trinajstić information content (AvgIpc) is 3.26. The number of halogens is 3. The molecule has 148 valence electrons. The van der Waals surface area contributed by atoms with Gasteiger partial charge >= 0.3 is 0 Å². The highest BCUT2D eigenvalue weighted by molar-refractivity contribution is 7.91. The predicted octanol–water partition coefficient (Wildman–Crippen LogP) is 4.06. The number of nitrogens with zero attached hydrogens (tertiary/aromatic N) is 2. The molecule has 0 spiro atoms. The average molecular weight is 464 g/mol. The zero-order valence-electron chi connectivity index (χ0n) is 14.1. The van der Waals surface area contributed by atoms with Crippen LogP contribution in [0.15, 0.2) is 39.9 Å². The number of likely N-dealkylation sites (N-methyl/N-ethyl adjacent to an activating group) is 1. The number of nitrogens with one attached hydrogen (secondary N) is 1. The zero-order chi connectivity index (χ0) is 20.5. The second kappa shape index (κ2) is 8.21. The van der Waals surface area contributed by atoms with E-state index in [0.29, 0.717) is 4.34 Å². The highest BCUT2D eigenvalue weighted by Crippen LogP contribution is 2.29. The van der Waals surface area contributed by atoms with Gasteiger partial charge in [-0.05, 0) is 30.3 Å². The van der Waals surface area contributed by atoms with E-state index < -0.39 is 34.1 Å². The largest absolute Gasteiger partial charge is 0.301 e. The molecule has 0 atom stereocenters. The lowest BCUT2D eigenvalue weighted by Crippen LogP contribution is -2.34. The molecule has 0 radical (unpaired) electrons. The summed E-state index contributed by atoms with van der Waals surface area (Å²) in [6.45, 7) is -0.457. The smallest absolute Gasteiger partial charge is 0.252 e. The number of thiazole rings is 1. The van der Waals surface area contributed by atoms with Gasteiger partial charge < -0.3 is 5.32 Å². The van der Waals surface area contributed by atoms with Crippen LogP contribution in [0.1, 0.15) is 0 Å². The first kappa shape index (κ1) is 20.8. The number of sulfonamides is 1. The molecule has 0 saturated carbocycles. The van der Waals surface area contributed by atoms with Crippen molar-refractivity contribution >= 4 is 55.3 Å². The van der Waals surface area contributed by atoms with Gasteiger partial charge in [-0.25, -0.2) is 22.2 Å². The van der Waals surface area contributed by atoms with E-state index >= 15 is 0 Å². The van der Waals surface area contributed by atoms with E-state index in [1.165, 1.54) is 24.6 Å². The summed E-state index contributed by atoms with van der Waals surface area (Å²) in [6.07, 6.45) is 0. The Balaban J connectivity index is 1.69. The van der Waals surface area contributed by atoms with Gasteiger partial charge in [0.1, 0.15) is 15.8 Å². The third-order valence-electron chi connectivity index (χ3n) is 3.53. The van der Waals surface area contributed by atoms with Crippen LogP contribution in [-0.4, -0.2) is 37.2 Å². The van der Waals surface area contributed by atoms with Gasteiger partial charge in [-0.15, -0.1) is 22.7 Å². The molecule has 28 heavy (non-hydrogen) atoms.